The topological polar surface area (TPSA) is 59.2 Å². The summed E-state index contributed by atoms with van der Waals surface area (Å²) in [5.74, 6) is 1.63. The number of aromatic nitrogens is 2. The molecule has 3 rings (SSSR count). The zero-order chi connectivity index (χ0) is 16.9. The summed E-state index contributed by atoms with van der Waals surface area (Å²) in [6.45, 7) is 5.13. The van der Waals surface area contributed by atoms with Gasteiger partial charge in [-0.1, -0.05) is 22.8 Å². The summed E-state index contributed by atoms with van der Waals surface area (Å²) in [6, 6.07) is 7.36. The number of hydrogen-bond donors (Lipinski definition) is 0. The van der Waals surface area contributed by atoms with Gasteiger partial charge in [0.1, 0.15) is 0 Å². The van der Waals surface area contributed by atoms with Crippen LogP contribution in [0.1, 0.15) is 37.5 Å². The minimum Gasteiger partial charge on any atom is -0.343 e. The molecule has 0 unspecified atom stereocenters. The van der Waals surface area contributed by atoms with E-state index in [1.165, 1.54) is 0 Å². The van der Waals surface area contributed by atoms with Gasteiger partial charge >= 0.3 is 0 Å². The molecule has 0 atom stereocenters. The molecule has 2 heterocycles. The Balaban J connectivity index is 1.60. The quantitative estimate of drug-likeness (QED) is 0.767. The van der Waals surface area contributed by atoms with Crippen molar-refractivity contribution in [3.63, 3.8) is 0 Å². The minimum absolute atomic E-state index is 0.195. The number of hydrogen-bond acceptors (Lipinski definition) is 4. The third kappa shape index (κ3) is 3.85. The van der Waals surface area contributed by atoms with Gasteiger partial charge in [-0.2, -0.15) is 4.98 Å². The lowest BCUT2D eigenvalue weighted by atomic mass is 9.96. The first-order valence-corrected chi connectivity index (χ1v) is 8.53. The Kier molecular flexibility index (Phi) is 5.30. The van der Waals surface area contributed by atoms with Gasteiger partial charge in [0.15, 0.2) is 0 Å². The first-order chi connectivity index (χ1) is 11.7. The van der Waals surface area contributed by atoms with E-state index >= 15 is 0 Å². The Bertz CT molecular complexity index is 703. The summed E-state index contributed by atoms with van der Waals surface area (Å²) in [5.41, 5.74) is 0.881. The largest absolute Gasteiger partial charge is 0.343 e. The fraction of sp³-hybridized carbons (Fsp3) is 0.389. The molecule has 0 radical (unpaired) electrons. The van der Waals surface area contributed by atoms with Crippen LogP contribution in [0.2, 0.25) is 5.02 Å². The highest BCUT2D eigenvalue weighted by Crippen LogP contribution is 2.29. The van der Waals surface area contributed by atoms with E-state index in [2.05, 4.69) is 16.7 Å². The molecule has 0 spiro atoms. The third-order valence-corrected chi connectivity index (χ3v) is 4.56. The average Bonchev–Trinajstić information content (AvgIpc) is 3.10. The van der Waals surface area contributed by atoms with Gasteiger partial charge in [-0.15, -0.1) is 6.58 Å². The zero-order valence-electron chi connectivity index (χ0n) is 13.4. The van der Waals surface area contributed by atoms with Crippen LogP contribution in [0, 0.1) is 0 Å². The highest BCUT2D eigenvalue weighted by molar-refractivity contribution is 6.30. The van der Waals surface area contributed by atoms with Crippen molar-refractivity contribution in [2.24, 2.45) is 0 Å². The molecule has 1 aromatic carbocycles. The number of allylic oxidation sites excluding steroid dienone is 1. The van der Waals surface area contributed by atoms with Crippen LogP contribution in [-0.2, 0) is 4.79 Å². The van der Waals surface area contributed by atoms with Crippen molar-refractivity contribution in [3.8, 4) is 11.4 Å². The third-order valence-electron chi connectivity index (χ3n) is 4.30. The molecule has 126 valence electrons. The monoisotopic (exact) mass is 345 g/mol. The second kappa shape index (κ2) is 7.62. The molecule has 1 saturated heterocycles. The molecule has 1 fully saturated rings. The van der Waals surface area contributed by atoms with Crippen LogP contribution in [0.15, 0.2) is 41.4 Å². The molecule has 1 aliphatic heterocycles. The van der Waals surface area contributed by atoms with E-state index in [-0.39, 0.29) is 11.8 Å². The lowest BCUT2D eigenvalue weighted by Gasteiger charge is -2.30. The highest BCUT2D eigenvalue weighted by Gasteiger charge is 2.27. The van der Waals surface area contributed by atoms with E-state index in [9.17, 15) is 4.79 Å². The standard InChI is InChI=1S/C18H20ClN3O2/c1-2-3-4-16(23)22-11-9-14(10-12-22)18-20-17(21-24-18)13-5-7-15(19)8-6-13/h2,5-8,14H,1,3-4,9-12H2. The van der Waals surface area contributed by atoms with Crippen LogP contribution in [0.25, 0.3) is 11.4 Å². The smallest absolute Gasteiger partial charge is 0.230 e. The normalized spacial score (nSPS) is 15.5. The number of likely N-dealkylation sites (tertiary alicyclic amines) is 1. The van der Waals surface area contributed by atoms with Crippen LogP contribution in [0.3, 0.4) is 0 Å². The predicted octanol–water partition coefficient (Wildman–Crippen LogP) is 4.06. The molecule has 0 aliphatic carbocycles. The predicted molar refractivity (Wildman–Crippen MR) is 92.7 cm³/mol. The van der Waals surface area contributed by atoms with Crippen LogP contribution in [0.5, 0.6) is 0 Å². The second-order valence-electron chi connectivity index (χ2n) is 5.95. The summed E-state index contributed by atoms with van der Waals surface area (Å²) in [5, 5.41) is 4.74. The summed E-state index contributed by atoms with van der Waals surface area (Å²) in [7, 11) is 0. The fourth-order valence-corrected chi connectivity index (χ4v) is 3.00. The molecule has 1 amide bonds. The Morgan fingerprint density at radius 3 is 2.71 bits per heavy atom. The molecular weight excluding hydrogens is 326 g/mol. The van der Waals surface area contributed by atoms with Gasteiger partial charge in [0.2, 0.25) is 17.6 Å². The molecule has 0 saturated carbocycles. The van der Waals surface area contributed by atoms with Crippen molar-refractivity contribution < 1.29 is 9.32 Å². The maximum absolute atomic E-state index is 12.0. The molecule has 1 aromatic heterocycles. The van der Waals surface area contributed by atoms with Crippen LogP contribution >= 0.6 is 11.6 Å². The number of piperidine rings is 1. The Labute approximate surface area is 146 Å². The van der Waals surface area contributed by atoms with Crippen molar-refractivity contribution in [1.29, 1.82) is 0 Å². The summed E-state index contributed by atoms with van der Waals surface area (Å²) < 4.78 is 5.44. The first-order valence-electron chi connectivity index (χ1n) is 8.15. The van der Waals surface area contributed by atoms with Crippen LogP contribution in [0.4, 0.5) is 0 Å². The average molecular weight is 346 g/mol. The number of benzene rings is 1. The highest BCUT2D eigenvalue weighted by atomic mass is 35.5. The Morgan fingerprint density at radius 2 is 2.04 bits per heavy atom. The molecule has 2 aromatic rings. The lowest BCUT2D eigenvalue weighted by molar-refractivity contribution is -0.132. The van der Waals surface area contributed by atoms with E-state index in [1.54, 1.807) is 18.2 Å². The number of nitrogens with zero attached hydrogens (tertiary/aromatic N) is 3. The van der Waals surface area contributed by atoms with Gasteiger partial charge in [-0.3, -0.25) is 4.79 Å². The molecule has 1 aliphatic rings. The van der Waals surface area contributed by atoms with Crippen molar-refractivity contribution >= 4 is 17.5 Å². The number of halogens is 1. The number of rotatable bonds is 5. The number of carbonyl (C=O) groups is 1. The van der Waals surface area contributed by atoms with E-state index in [1.807, 2.05) is 17.0 Å². The van der Waals surface area contributed by atoms with Crippen molar-refractivity contribution in [3.05, 3.63) is 47.8 Å². The van der Waals surface area contributed by atoms with Crippen LogP contribution < -0.4 is 0 Å². The number of amides is 1. The Hall–Kier alpha value is -2.14. The minimum atomic E-state index is 0.195. The van der Waals surface area contributed by atoms with E-state index in [0.717, 1.165) is 37.9 Å². The fourth-order valence-electron chi connectivity index (χ4n) is 2.88. The molecule has 5 nitrogen and oxygen atoms in total. The summed E-state index contributed by atoms with van der Waals surface area (Å²) >= 11 is 5.90. The summed E-state index contributed by atoms with van der Waals surface area (Å²) in [6.07, 6.45) is 4.74. The zero-order valence-corrected chi connectivity index (χ0v) is 14.2. The maximum atomic E-state index is 12.0. The molecule has 0 bridgehead atoms. The Morgan fingerprint density at radius 1 is 1.33 bits per heavy atom. The lowest BCUT2D eigenvalue weighted by Crippen LogP contribution is -2.37. The van der Waals surface area contributed by atoms with E-state index in [0.29, 0.717) is 23.2 Å². The summed E-state index contributed by atoms with van der Waals surface area (Å²) in [4.78, 5) is 18.5. The first kappa shape index (κ1) is 16.7. The van der Waals surface area contributed by atoms with Gasteiger partial charge in [0.05, 0.1) is 0 Å². The number of carbonyl (C=O) groups excluding carboxylic acids is 1. The van der Waals surface area contributed by atoms with Crippen molar-refractivity contribution in [2.75, 3.05) is 13.1 Å². The van der Waals surface area contributed by atoms with Crippen molar-refractivity contribution in [1.82, 2.24) is 15.0 Å². The van der Waals surface area contributed by atoms with Gasteiger partial charge in [0.25, 0.3) is 0 Å². The van der Waals surface area contributed by atoms with E-state index < -0.39 is 0 Å². The van der Waals surface area contributed by atoms with E-state index in [4.69, 9.17) is 16.1 Å². The van der Waals surface area contributed by atoms with Gasteiger partial charge in [-0.25, -0.2) is 0 Å². The van der Waals surface area contributed by atoms with Crippen LogP contribution in [-0.4, -0.2) is 34.0 Å². The van der Waals surface area contributed by atoms with Gasteiger partial charge in [-0.05, 0) is 43.5 Å². The molecular formula is C18H20ClN3O2. The SMILES string of the molecule is C=CCCC(=O)N1CCC(c2nc(-c3ccc(Cl)cc3)no2)CC1. The second-order valence-corrected chi connectivity index (χ2v) is 6.38. The van der Waals surface area contributed by atoms with Crippen molar-refractivity contribution in [2.45, 2.75) is 31.6 Å². The molecule has 6 heteroatoms. The van der Waals surface area contributed by atoms with Gasteiger partial charge < -0.3 is 9.42 Å². The molecule has 0 N–H and O–H groups in total. The molecule has 24 heavy (non-hydrogen) atoms. The van der Waals surface area contributed by atoms with Gasteiger partial charge in [0, 0.05) is 36.0 Å². The maximum Gasteiger partial charge on any atom is 0.230 e.